The SMILES string of the molecule is CCCCN1[C@H](C(N)=O)C[C@@H]2CCC[C@@H]21. The molecule has 1 aliphatic carbocycles. The van der Waals surface area contributed by atoms with Crippen molar-refractivity contribution in [3.8, 4) is 0 Å². The number of rotatable bonds is 4. The van der Waals surface area contributed by atoms with Crippen LogP contribution in [0.1, 0.15) is 45.4 Å². The molecule has 0 unspecified atom stereocenters. The number of fused-ring (bicyclic) bond motifs is 1. The first-order valence-electron chi connectivity index (χ1n) is 6.29. The third-order valence-corrected chi connectivity index (χ3v) is 4.07. The zero-order valence-electron chi connectivity index (χ0n) is 9.61. The molecule has 1 aliphatic heterocycles. The number of carbonyl (C=O) groups is 1. The Hall–Kier alpha value is -0.570. The Balaban J connectivity index is 2.03. The molecule has 0 spiro atoms. The fraction of sp³-hybridized carbons (Fsp3) is 0.917. The number of hydrogen-bond donors (Lipinski definition) is 1. The third-order valence-electron chi connectivity index (χ3n) is 4.07. The molecular formula is C12H22N2O. The lowest BCUT2D eigenvalue weighted by atomic mass is 10.0. The topological polar surface area (TPSA) is 46.3 Å². The summed E-state index contributed by atoms with van der Waals surface area (Å²) in [5.74, 6) is 0.639. The molecule has 3 atom stereocenters. The molecule has 0 aromatic carbocycles. The minimum Gasteiger partial charge on any atom is -0.368 e. The van der Waals surface area contributed by atoms with E-state index in [0.29, 0.717) is 6.04 Å². The molecule has 2 N–H and O–H groups in total. The first-order chi connectivity index (χ1) is 7.24. The maximum atomic E-state index is 11.4. The van der Waals surface area contributed by atoms with E-state index in [-0.39, 0.29) is 11.9 Å². The van der Waals surface area contributed by atoms with Crippen molar-refractivity contribution in [1.82, 2.24) is 4.90 Å². The lowest BCUT2D eigenvalue weighted by Crippen LogP contribution is -2.44. The van der Waals surface area contributed by atoms with E-state index >= 15 is 0 Å². The van der Waals surface area contributed by atoms with Crippen molar-refractivity contribution >= 4 is 5.91 Å². The van der Waals surface area contributed by atoms with E-state index in [1.54, 1.807) is 0 Å². The average Bonchev–Trinajstić information content (AvgIpc) is 2.74. The van der Waals surface area contributed by atoms with Crippen LogP contribution < -0.4 is 5.73 Å². The van der Waals surface area contributed by atoms with Crippen LogP contribution in [-0.2, 0) is 4.79 Å². The summed E-state index contributed by atoms with van der Waals surface area (Å²) in [6, 6.07) is 0.695. The Kier molecular flexibility index (Phi) is 3.29. The normalized spacial score (nSPS) is 35.7. The summed E-state index contributed by atoms with van der Waals surface area (Å²) in [7, 11) is 0. The van der Waals surface area contributed by atoms with E-state index in [2.05, 4.69) is 11.8 Å². The highest BCUT2D eigenvalue weighted by Gasteiger charge is 2.44. The lowest BCUT2D eigenvalue weighted by Gasteiger charge is -2.27. The van der Waals surface area contributed by atoms with Crippen LogP contribution in [0.4, 0.5) is 0 Å². The van der Waals surface area contributed by atoms with Gasteiger partial charge >= 0.3 is 0 Å². The molecule has 1 amide bonds. The Labute approximate surface area is 92.0 Å². The largest absolute Gasteiger partial charge is 0.368 e. The Morgan fingerprint density at radius 3 is 2.93 bits per heavy atom. The summed E-state index contributed by atoms with van der Waals surface area (Å²) in [6.07, 6.45) is 7.31. The van der Waals surface area contributed by atoms with E-state index < -0.39 is 0 Å². The molecule has 2 aliphatic rings. The Morgan fingerprint density at radius 2 is 2.27 bits per heavy atom. The zero-order valence-corrected chi connectivity index (χ0v) is 9.61. The monoisotopic (exact) mass is 210 g/mol. The number of carbonyl (C=O) groups excluding carboxylic acids is 1. The van der Waals surface area contributed by atoms with Crippen molar-refractivity contribution in [1.29, 1.82) is 0 Å². The molecule has 1 saturated carbocycles. The first kappa shape index (κ1) is 10.9. The van der Waals surface area contributed by atoms with Crippen LogP contribution in [0.2, 0.25) is 0 Å². The van der Waals surface area contributed by atoms with Gasteiger partial charge in [0.1, 0.15) is 0 Å². The van der Waals surface area contributed by atoms with Crippen LogP contribution in [0.3, 0.4) is 0 Å². The number of likely N-dealkylation sites (tertiary alicyclic amines) is 1. The molecule has 2 fully saturated rings. The van der Waals surface area contributed by atoms with Gasteiger partial charge in [0.2, 0.25) is 5.91 Å². The predicted octanol–water partition coefficient (Wildman–Crippen LogP) is 1.51. The average molecular weight is 210 g/mol. The van der Waals surface area contributed by atoms with Gasteiger partial charge in [-0.05, 0) is 38.1 Å². The molecule has 1 heterocycles. The predicted molar refractivity (Wildman–Crippen MR) is 60.3 cm³/mol. The van der Waals surface area contributed by atoms with Gasteiger partial charge < -0.3 is 5.73 Å². The van der Waals surface area contributed by atoms with Crippen LogP contribution >= 0.6 is 0 Å². The van der Waals surface area contributed by atoms with Gasteiger partial charge in [0.15, 0.2) is 0 Å². The smallest absolute Gasteiger partial charge is 0.234 e. The number of nitrogens with two attached hydrogens (primary N) is 1. The van der Waals surface area contributed by atoms with Gasteiger partial charge in [0, 0.05) is 6.04 Å². The Bertz CT molecular complexity index is 242. The second-order valence-corrected chi connectivity index (χ2v) is 5.00. The molecule has 15 heavy (non-hydrogen) atoms. The van der Waals surface area contributed by atoms with Gasteiger partial charge in [-0.1, -0.05) is 19.8 Å². The third kappa shape index (κ3) is 2.03. The van der Waals surface area contributed by atoms with Crippen molar-refractivity contribution in [2.75, 3.05) is 6.54 Å². The number of nitrogens with zero attached hydrogens (tertiary/aromatic N) is 1. The maximum absolute atomic E-state index is 11.4. The fourth-order valence-electron chi connectivity index (χ4n) is 3.32. The van der Waals surface area contributed by atoms with Crippen molar-refractivity contribution in [3.63, 3.8) is 0 Å². The zero-order chi connectivity index (χ0) is 10.8. The maximum Gasteiger partial charge on any atom is 0.234 e. The quantitative estimate of drug-likeness (QED) is 0.764. The number of unbranched alkanes of at least 4 members (excludes halogenated alkanes) is 1. The molecule has 0 radical (unpaired) electrons. The fourth-order valence-corrected chi connectivity index (χ4v) is 3.32. The number of primary amides is 1. The molecule has 2 rings (SSSR count). The van der Waals surface area contributed by atoms with E-state index in [4.69, 9.17) is 5.73 Å². The highest BCUT2D eigenvalue weighted by Crippen LogP contribution is 2.41. The van der Waals surface area contributed by atoms with Crippen LogP contribution in [0, 0.1) is 5.92 Å². The van der Waals surface area contributed by atoms with Crippen LogP contribution in [-0.4, -0.2) is 29.4 Å². The van der Waals surface area contributed by atoms with Crippen LogP contribution in [0.5, 0.6) is 0 Å². The highest BCUT2D eigenvalue weighted by atomic mass is 16.1. The minimum absolute atomic E-state index is 0.0341. The molecule has 0 bridgehead atoms. The molecule has 86 valence electrons. The van der Waals surface area contributed by atoms with Crippen LogP contribution in [0.15, 0.2) is 0 Å². The molecule has 0 aromatic heterocycles. The summed E-state index contributed by atoms with van der Waals surface area (Å²) < 4.78 is 0. The second-order valence-electron chi connectivity index (χ2n) is 5.00. The minimum atomic E-state index is -0.111. The van der Waals surface area contributed by atoms with Gasteiger partial charge in [-0.2, -0.15) is 0 Å². The molecule has 3 nitrogen and oxygen atoms in total. The van der Waals surface area contributed by atoms with Crippen molar-refractivity contribution < 1.29 is 4.79 Å². The highest BCUT2D eigenvalue weighted by molar-refractivity contribution is 5.80. The standard InChI is InChI=1S/C12H22N2O/c1-2-3-7-14-10-6-4-5-9(10)8-11(14)12(13)15/h9-11H,2-8H2,1H3,(H2,13,15)/t9-,10-,11-/m0/s1. The summed E-state index contributed by atoms with van der Waals surface area (Å²) in [5, 5.41) is 0. The van der Waals surface area contributed by atoms with E-state index in [0.717, 1.165) is 18.9 Å². The van der Waals surface area contributed by atoms with Crippen LogP contribution in [0.25, 0.3) is 0 Å². The summed E-state index contributed by atoms with van der Waals surface area (Å²) in [6.45, 7) is 3.26. The molecular weight excluding hydrogens is 188 g/mol. The van der Waals surface area contributed by atoms with Gasteiger partial charge in [0.05, 0.1) is 6.04 Å². The van der Waals surface area contributed by atoms with Crippen molar-refractivity contribution in [2.45, 2.75) is 57.5 Å². The summed E-state index contributed by atoms with van der Waals surface area (Å²) >= 11 is 0. The first-order valence-corrected chi connectivity index (χ1v) is 6.29. The molecule has 3 heteroatoms. The summed E-state index contributed by atoms with van der Waals surface area (Å²) in [4.78, 5) is 13.8. The lowest BCUT2D eigenvalue weighted by molar-refractivity contribution is -0.122. The summed E-state index contributed by atoms with van der Waals surface area (Å²) in [5.41, 5.74) is 5.48. The molecule has 1 saturated heterocycles. The van der Waals surface area contributed by atoms with E-state index in [1.807, 2.05) is 0 Å². The molecule has 0 aromatic rings. The van der Waals surface area contributed by atoms with Gasteiger partial charge in [-0.3, -0.25) is 9.69 Å². The number of amides is 1. The number of hydrogen-bond acceptors (Lipinski definition) is 2. The van der Waals surface area contributed by atoms with E-state index in [1.165, 1.54) is 32.1 Å². The van der Waals surface area contributed by atoms with Crippen molar-refractivity contribution in [3.05, 3.63) is 0 Å². The van der Waals surface area contributed by atoms with E-state index in [9.17, 15) is 4.79 Å². The van der Waals surface area contributed by atoms with Gasteiger partial charge in [0.25, 0.3) is 0 Å². The van der Waals surface area contributed by atoms with Crippen molar-refractivity contribution in [2.24, 2.45) is 11.7 Å². The van der Waals surface area contributed by atoms with Gasteiger partial charge in [-0.15, -0.1) is 0 Å². The van der Waals surface area contributed by atoms with Gasteiger partial charge in [-0.25, -0.2) is 0 Å². The Morgan fingerprint density at radius 1 is 1.47 bits per heavy atom. The second kappa shape index (κ2) is 4.52.